The second kappa shape index (κ2) is 8.84. The summed E-state index contributed by atoms with van der Waals surface area (Å²) >= 11 is 0. The standard InChI is InChI=1S/C2H8N2O6S2.2Na/c5-11(6,7)3-1-2-4-12(8,9)10;;/h3-4H,1-2H2,(H,5,6,7)(H,8,9,10);;/q;2*+1/p-2. The molecule has 0 atom stereocenters. The maximum absolute atomic E-state index is 9.83. The van der Waals surface area contributed by atoms with Crippen molar-refractivity contribution in [3.05, 3.63) is 0 Å². The van der Waals surface area contributed by atoms with Crippen molar-refractivity contribution in [3.8, 4) is 0 Å². The summed E-state index contributed by atoms with van der Waals surface area (Å²) in [6, 6.07) is 0. The predicted octanol–water partition coefficient (Wildman–Crippen LogP) is -8.91. The summed E-state index contributed by atoms with van der Waals surface area (Å²) in [7, 11) is -9.16. The van der Waals surface area contributed by atoms with Gasteiger partial charge in [-0.3, -0.25) is 0 Å². The summed E-state index contributed by atoms with van der Waals surface area (Å²) in [6.07, 6.45) is 0. The van der Waals surface area contributed by atoms with Gasteiger partial charge in [-0.05, 0) is 0 Å². The van der Waals surface area contributed by atoms with Crippen LogP contribution in [0.2, 0.25) is 0 Å². The van der Waals surface area contributed by atoms with Gasteiger partial charge < -0.3 is 9.11 Å². The molecular formula is C2H6N2Na2O6S2. The minimum absolute atomic E-state index is 0. The van der Waals surface area contributed by atoms with E-state index in [1.807, 2.05) is 0 Å². The third-order valence-corrected chi connectivity index (χ3v) is 1.80. The summed E-state index contributed by atoms with van der Waals surface area (Å²) in [6.45, 7) is -0.902. The first-order valence-electron chi connectivity index (χ1n) is 2.62. The van der Waals surface area contributed by atoms with Crippen LogP contribution in [0.5, 0.6) is 0 Å². The van der Waals surface area contributed by atoms with Crippen molar-refractivity contribution in [1.29, 1.82) is 0 Å². The molecule has 0 spiro atoms. The monoisotopic (exact) mass is 264 g/mol. The Morgan fingerprint density at radius 1 is 0.786 bits per heavy atom. The summed E-state index contributed by atoms with van der Waals surface area (Å²) in [4.78, 5) is 0. The number of hydrogen-bond donors (Lipinski definition) is 2. The zero-order valence-corrected chi connectivity index (χ0v) is 13.3. The smallest absolute Gasteiger partial charge is 0.735 e. The van der Waals surface area contributed by atoms with Gasteiger partial charge in [0.1, 0.15) is 0 Å². The van der Waals surface area contributed by atoms with E-state index in [0.29, 0.717) is 0 Å². The Bertz CT molecular complexity index is 290. The van der Waals surface area contributed by atoms with E-state index in [0.717, 1.165) is 0 Å². The van der Waals surface area contributed by atoms with Crippen LogP contribution in [0.4, 0.5) is 0 Å². The van der Waals surface area contributed by atoms with Crippen molar-refractivity contribution in [3.63, 3.8) is 0 Å². The fourth-order valence-electron chi connectivity index (χ4n) is 0.352. The molecule has 0 bridgehead atoms. The quantitative estimate of drug-likeness (QED) is 0.287. The molecule has 0 aliphatic carbocycles. The van der Waals surface area contributed by atoms with Crippen molar-refractivity contribution in [1.82, 2.24) is 9.44 Å². The van der Waals surface area contributed by atoms with Crippen LogP contribution in [0.1, 0.15) is 0 Å². The first kappa shape index (κ1) is 21.1. The van der Waals surface area contributed by atoms with Crippen molar-refractivity contribution in [2.24, 2.45) is 0 Å². The maximum Gasteiger partial charge on any atom is 1.00 e. The molecule has 2 N–H and O–H groups in total. The van der Waals surface area contributed by atoms with Crippen LogP contribution in [0.25, 0.3) is 0 Å². The third kappa shape index (κ3) is 19.3. The zero-order valence-electron chi connectivity index (χ0n) is 7.68. The Morgan fingerprint density at radius 2 is 1.00 bits per heavy atom. The van der Waals surface area contributed by atoms with Gasteiger partial charge in [0.05, 0.1) is 0 Å². The van der Waals surface area contributed by atoms with Crippen LogP contribution in [0.15, 0.2) is 0 Å². The van der Waals surface area contributed by atoms with Gasteiger partial charge in [-0.15, -0.1) is 0 Å². The maximum atomic E-state index is 9.83. The summed E-state index contributed by atoms with van der Waals surface area (Å²) in [5.41, 5.74) is 0. The molecule has 0 aromatic carbocycles. The minimum Gasteiger partial charge on any atom is -0.735 e. The van der Waals surface area contributed by atoms with Gasteiger partial charge in [-0.25, -0.2) is 26.3 Å². The molecule has 8 nitrogen and oxygen atoms in total. The SMILES string of the molecule is O=S(=O)([O-])NCCNS(=O)(=O)[O-].[Na+].[Na+]. The molecule has 0 saturated heterocycles. The van der Waals surface area contributed by atoms with Crippen LogP contribution >= 0.6 is 0 Å². The fourth-order valence-corrected chi connectivity index (χ4v) is 1.06. The van der Waals surface area contributed by atoms with Gasteiger partial charge in [-0.2, -0.15) is 0 Å². The van der Waals surface area contributed by atoms with E-state index in [9.17, 15) is 25.9 Å². The number of nitrogens with one attached hydrogen (secondary N) is 2. The molecule has 0 unspecified atom stereocenters. The van der Waals surface area contributed by atoms with Crippen LogP contribution in [0, 0.1) is 0 Å². The molecule has 0 aromatic rings. The van der Waals surface area contributed by atoms with Gasteiger partial charge in [0.2, 0.25) is 0 Å². The van der Waals surface area contributed by atoms with E-state index in [4.69, 9.17) is 0 Å². The molecule has 0 aromatic heterocycles. The molecule has 0 aliphatic rings. The first-order valence-corrected chi connectivity index (χ1v) is 5.43. The van der Waals surface area contributed by atoms with Gasteiger partial charge >= 0.3 is 59.1 Å². The number of rotatable bonds is 5. The normalized spacial score (nSPS) is 11.3. The second-order valence-corrected chi connectivity index (χ2v) is 4.09. The van der Waals surface area contributed by atoms with E-state index < -0.39 is 33.7 Å². The van der Waals surface area contributed by atoms with Crippen molar-refractivity contribution in [2.45, 2.75) is 0 Å². The molecule has 0 amide bonds. The predicted molar refractivity (Wildman–Crippen MR) is 35.4 cm³/mol. The first-order chi connectivity index (χ1) is 5.21. The van der Waals surface area contributed by atoms with Crippen molar-refractivity contribution < 1.29 is 85.1 Å². The Labute approximate surface area is 127 Å². The number of hydrogen-bond acceptors (Lipinski definition) is 6. The third-order valence-electron chi connectivity index (χ3n) is 0.683. The van der Waals surface area contributed by atoms with Gasteiger partial charge in [0, 0.05) is 13.1 Å². The van der Waals surface area contributed by atoms with Crippen LogP contribution in [-0.2, 0) is 20.6 Å². The van der Waals surface area contributed by atoms with Crippen LogP contribution in [0.3, 0.4) is 0 Å². The molecule has 74 valence electrons. The topological polar surface area (TPSA) is 138 Å². The van der Waals surface area contributed by atoms with E-state index in [-0.39, 0.29) is 59.1 Å². The van der Waals surface area contributed by atoms with E-state index in [1.54, 1.807) is 0 Å². The molecule has 0 rings (SSSR count). The fraction of sp³-hybridized carbons (Fsp3) is 1.00. The van der Waals surface area contributed by atoms with Crippen molar-refractivity contribution in [2.75, 3.05) is 13.1 Å². The Morgan fingerprint density at radius 3 is 1.14 bits per heavy atom. The average Bonchev–Trinajstić information content (AvgIpc) is 1.76. The molecule has 0 heterocycles. The van der Waals surface area contributed by atoms with Gasteiger partial charge in [0.25, 0.3) is 0 Å². The summed E-state index contributed by atoms with van der Waals surface area (Å²) in [5.74, 6) is 0. The Balaban J connectivity index is -0.000000605. The molecular weight excluding hydrogens is 258 g/mol. The molecule has 0 aliphatic heterocycles. The zero-order chi connectivity index (χ0) is 9.83. The average molecular weight is 264 g/mol. The van der Waals surface area contributed by atoms with Crippen LogP contribution in [-0.4, -0.2) is 39.0 Å². The largest absolute Gasteiger partial charge is 1.00 e. The van der Waals surface area contributed by atoms with Gasteiger partial charge in [-0.1, -0.05) is 0 Å². The molecule has 12 heteroatoms. The molecule has 0 saturated carbocycles. The molecule has 0 radical (unpaired) electrons. The van der Waals surface area contributed by atoms with Gasteiger partial charge in [0.15, 0.2) is 20.6 Å². The molecule has 14 heavy (non-hydrogen) atoms. The van der Waals surface area contributed by atoms with E-state index in [1.165, 1.54) is 9.44 Å². The van der Waals surface area contributed by atoms with E-state index >= 15 is 0 Å². The molecule has 0 fully saturated rings. The Hall–Kier alpha value is 1.74. The van der Waals surface area contributed by atoms with E-state index in [2.05, 4.69) is 0 Å². The van der Waals surface area contributed by atoms with Crippen molar-refractivity contribution >= 4 is 20.6 Å². The summed E-state index contributed by atoms with van der Waals surface area (Å²) < 4.78 is 61.9. The minimum atomic E-state index is -4.58. The van der Waals surface area contributed by atoms with Crippen LogP contribution < -0.4 is 68.6 Å². The summed E-state index contributed by atoms with van der Waals surface area (Å²) in [5, 5.41) is 0. The second-order valence-electron chi connectivity index (χ2n) is 1.70. The Kier molecular flexibility index (Phi) is 13.3.